The highest BCUT2D eigenvalue weighted by Crippen LogP contribution is 2.38. The van der Waals surface area contributed by atoms with E-state index >= 15 is 0 Å². The van der Waals surface area contributed by atoms with E-state index in [0.29, 0.717) is 0 Å². The van der Waals surface area contributed by atoms with Crippen LogP contribution in [0.5, 0.6) is 0 Å². The molecule has 23 heavy (non-hydrogen) atoms. The Morgan fingerprint density at radius 1 is 0.826 bits per heavy atom. The molecule has 1 aliphatic heterocycles. The van der Waals surface area contributed by atoms with Gasteiger partial charge in [-0.15, -0.1) is 0 Å². The molecule has 0 radical (unpaired) electrons. The maximum Gasteiger partial charge on any atom is 0.138 e. The number of furan rings is 1. The van der Waals surface area contributed by atoms with Crippen molar-refractivity contribution in [2.45, 2.75) is 18.9 Å². The molecule has 1 fully saturated rings. The molecule has 0 saturated carbocycles. The van der Waals surface area contributed by atoms with Gasteiger partial charge in [-0.1, -0.05) is 60.7 Å². The van der Waals surface area contributed by atoms with Crippen LogP contribution in [0.15, 0.2) is 83.5 Å². The largest absolute Gasteiger partial charge is 0.468 e. The molecule has 1 saturated heterocycles. The third kappa shape index (κ3) is 3.07. The maximum absolute atomic E-state index is 6.38. The zero-order chi connectivity index (χ0) is 15.5. The first-order chi connectivity index (χ1) is 11.4. The fourth-order valence-corrected chi connectivity index (χ4v) is 3.10. The van der Waals surface area contributed by atoms with Crippen LogP contribution in [0, 0.1) is 0 Å². The Hall–Kier alpha value is -2.36. The van der Waals surface area contributed by atoms with Crippen LogP contribution < -0.4 is 0 Å². The second-order valence-electron chi connectivity index (χ2n) is 5.81. The monoisotopic (exact) mass is 305 g/mol. The summed E-state index contributed by atoms with van der Waals surface area (Å²) in [6.45, 7) is 1.60. The lowest BCUT2D eigenvalue weighted by Gasteiger charge is -2.21. The van der Waals surface area contributed by atoms with Crippen LogP contribution in [-0.2, 0) is 11.3 Å². The fourth-order valence-electron chi connectivity index (χ4n) is 3.10. The average Bonchev–Trinajstić information content (AvgIpc) is 3.27. The lowest BCUT2D eigenvalue weighted by atomic mass is 10.1. The Labute approximate surface area is 136 Å². The van der Waals surface area contributed by atoms with Crippen molar-refractivity contribution < 1.29 is 9.15 Å². The maximum atomic E-state index is 6.38. The van der Waals surface area contributed by atoms with Gasteiger partial charge >= 0.3 is 0 Å². The smallest absolute Gasteiger partial charge is 0.138 e. The van der Waals surface area contributed by atoms with Crippen molar-refractivity contribution in [3.8, 4) is 0 Å². The lowest BCUT2D eigenvalue weighted by Crippen LogP contribution is -2.23. The van der Waals surface area contributed by atoms with E-state index in [1.54, 1.807) is 6.26 Å². The van der Waals surface area contributed by atoms with Crippen molar-refractivity contribution in [3.63, 3.8) is 0 Å². The van der Waals surface area contributed by atoms with E-state index in [1.165, 1.54) is 11.1 Å². The van der Waals surface area contributed by atoms with E-state index < -0.39 is 0 Å². The average molecular weight is 305 g/mol. The van der Waals surface area contributed by atoms with Gasteiger partial charge in [0.25, 0.3) is 0 Å². The molecule has 0 N–H and O–H groups in total. The van der Waals surface area contributed by atoms with Gasteiger partial charge in [0, 0.05) is 6.54 Å². The SMILES string of the molecule is c1ccc([C@H]2CN(Cc3ccco3)[C@H](c3ccccc3)O2)cc1. The molecule has 3 nitrogen and oxygen atoms in total. The van der Waals surface area contributed by atoms with E-state index in [1.807, 2.05) is 24.3 Å². The summed E-state index contributed by atoms with van der Waals surface area (Å²) < 4.78 is 11.9. The molecule has 0 spiro atoms. The first-order valence-electron chi connectivity index (χ1n) is 7.92. The standard InChI is InChI=1S/C20H19NO2/c1-3-8-16(9-4-1)19-15-21(14-18-12-7-13-22-18)20(23-19)17-10-5-2-6-11-17/h1-13,19-20H,14-15H2/t19-,20+/m1/s1. The predicted molar refractivity (Wildman–Crippen MR) is 88.6 cm³/mol. The molecule has 3 heteroatoms. The summed E-state index contributed by atoms with van der Waals surface area (Å²) in [5.74, 6) is 0.961. The lowest BCUT2D eigenvalue weighted by molar-refractivity contribution is -0.00681. The third-order valence-electron chi connectivity index (χ3n) is 4.22. The molecular formula is C20H19NO2. The molecule has 4 rings (SSSR count). The highest BCUT2D eigenvalue weighted by molar-refractivity contribution is 5.22. The zero-order valence-corrected chi connectivity index (χ0v) is 12.8. The Kier molecular flexibility index (Phi) is 3.97. The topological polar surface area (TPSA) is 25.6 Å². The van der Waals surface area contributed by atoms with Gasteiger partial charge in [0.05, 0.1) is 18.9 Å². The minimum absolute atomic E-state index is 0.0495. The number of ether oxygens (including phenoxy) is 1. The Morgan fingerprint density at radius 2 is 1.52 bits per heavy atom. The third-order valence-corrected chi connectivity index (χ3v) is 4.22. The molecule has 2 heterocycles. The summed E-state index contributed by atoms with van der Waals surface area (Å²) in [5, 5.41) is 0. The van der Waals surface area contributed by atoms with E-state index in [-0.39, 0.29) is 12.3 Å². The molecule has 0 unspecified atom stereocenters. The number of rotatable bonds is 4. The van der Waals surface area contributed by atoms with Crippen LogP contribution in [-0.4, -0.2) is 11.4 Å². The first-order valence-corrected chi connectivity index (χ1v) is 7.92. The normalized spacial score (nSPS) is 21.6. The Balaban J connectivity index is 1.61. The van der Waals surface area contributed by atoms with E-state index in [2.05, 4.69) is 53.4 Å². The second-order valence-corrected chi connectivity index (χ2v) is 5.81. The minimum atomic E-state index is -0.0495. The van der Waals surface area contributed by atoms with Crippen molar-refractivity contribution in [1.29, 1.82) is 0 Å². The van der Waals surface area contributed by atoms with Crippen LogP contribution in [0.4, 0.5) is 0 Å². The number of benzene rings is 2. The van der Waals surface area contributed by atoms with Crippen molar-refractivity contribution >= 4 is 0 Å². The molecule has 1 aliphatic rings. The van der Waals surface area contributed by atoms with Crippen LogP contribution in [0.25, 0.3) is 0 Å². The van der Waals surface area contributed by atoms with Crippen molar-refractivity contribution in [2.24, 2.45) is 0 Å². The molecule has 2 aromatic carbocycles. The van der Waals surface area contributed by atoms with E-state index in [4.69, 9.17) is 9.15 Å². The van der Waals surface area contributed by atoms with E-state index in [0.717, 1.165) is 18.8 Å². The summed E-state index contributed by atoms with van der Waals surface area (Å²) >= 11 is 0. The Bertz CT molecular complexity index is 725. The molecule has 2 atom stereocenters. The summed E-state index contributed by atoms with van der Waals surface area (Å²) in [4.78, 5) is 2.33. The van der Waals surface area contributed by atoms with Crippen LogP contribution in [0.1, 0.15) is 29.2 Å². The van der Waals surface area contributed by atoms with Gasteiger partial charge in [0.1, 0.15) is 12.0 Å². The Morgan fingerprint density at radius 3 is 2.17 bits per heavy atom. The molecule has 1 aromatic heterocycles. The highest BCUT2D eigenvalue weighted by atomic mass is 16.5. The second kappa shape index (κ2) is 6.41. The molecule has 3 aromatic rings. The molecule has 116 valence electrons. The van der Waals surface area contributed by atoms with Gasteiger partial charge < -0.3 is 9.15 Å². The quantitative estimate of drug-likeness (QED) is 0.707. The van der Waals surface area contributed by atoms with Crippen LogP contribution in [0.2, 0.25) is 0 Å². The molecule has 0 amide bonds. The van der Waals surface area contributed by atoms with Crippen LogP contribution >= 0.6 is 0 Å². The molecule has 0 aliphatic carbocycles. The molecular weight excluding hydrogens is 286 g/mol. The van der Waals surface area contributed by atoms with Crippen molar-refractivity contribution in [1.82, 2.24) is 4.90 Å². The number of nitrogens with zero attached hydrogens (tertiary/aromatic N) is 1. The van der Waals surface area contributed by atoms with Gasteiger partial charge in [-0.2, -0.15) is 0 Å². The summed E-state index contributed by atoms with van der Waals surface area (Å²) in [5.41, 5.74) is 2.40. The summed E-state index contributed by atoms with van der Waals surface area (Å²) in [6.07, 6.45) is 1.75. The van der Waals surface area contributed by atoms with Gasteiger partial charge in [-0.3, -0.25) is 4.90 Å². The predicted octanol–water partition coefficient (Wildman–Crippen LogP) is 4.55. The van der Waals surface area contributed by atoms with Gasteiger partial charge in [0.15, 0.2) is 0 Å². The van der Waals surface area contributed by atoms with Gasteiger partial charge in [-0.25, -0.2) is 0 Å². The number of hydrogen-bond donors (Lipinski definition) is 0. The minimum Gasteiger partial charge on any atom is -0.468 e. The van der Waals surface area contributed by atoms with E-state index in [9.17, 15) is 0 Å². The zero-order valence-electron chi connectivity index (χ0n) is 12.8. The van der Waals surface area contributed by atoms with Crippen molar-refractivity contribution in [2.75, 3.05) is 6.54 Å². The first kappa shape index (κ1) is 14.2. The van der Waals surface area contributed by atoms with Crippen molar-refractivity contribution in [3.05, 3.63) is 95.9 Å². The number of hydrogen-bond acceptors (Lipinski definition) is 3. The van der Waals surface area contributed by atoms with Gasteiger partial charge in [0.2, 0.25) is 0 Å². The van der Waals surface area contributed by atoms with Crippen LogP contribution in [0.3, 0.4) is 0 Å². The fraction of sp³-hybridized carbons (Fsp3) is 0.200. The highest BCUT2D eigenvalue weighted by Gasteiger charge is 2.35. The molecule has 0 bridgehead atoms. The van der Waals surface area contributed by atoms with Gasteiger partial charge in [-0.05, 0) is 23.3 Å². The summed E-state index contributed by atoms with van der Waals surface area (Å²) in [7, 11) is 0. The summed E-state index contributed by atoms with van der Waals surface area (Å²) in [6, 6.07) is 24.7.